The van der Waals surface area contributed by atoms with Gasteiger partial charge in [-0.25, -0.2) is 19.4 Å². The van der Waals surface area contributed by atoms with E-state index in [1.807, 2.05) is 62.4 Å². The lowest BCUT2D eigenvalue weighted by Crippen LogP contribution is -2.72. The number of rotatable bonds is 8. The van der Waals surface area contributed by atoms with Crippen molar-refractivity contribution in [3.05, 3.63) is 71.8 Å². The first-order valence-electron chi connectivity index (χ1n) is 15.4. The van der Waals surface area contributed by atoms with Crippen LogP contribution in [0.1, 0.15) is 51.2 Å². The predicted molar refractivity (Wildman–Crippen MR) is 162 cm³/mol. The van der Waals surface area contributed by atoms with Gasteiger partial charge >= 0.3 is 11.9 Å². The molecule has 2 bridgehead atoms. The van der Waals surface area contributed by atoms with Crippen molar-refractivity contribution in [2.24, 2.45) is 23.7 Å². The summed E-state index contributed by atoms with van der Waals surface area (Å²) in [6.45, 7) is 5.83. The number of benzene rings is 2. The van der Waals surface area contributed by atoms with Crippen LogP contribution in [0.25, 0.3) is 12.2 Å². The number of fused-ring (bicyclic) bond motifs is 2. The van der Waals surface area contributed by atoms with E-state index in [0.717, 1.165) is 17.5 Å². The van der Waals surface area contributed by atoms with E-state index in [2.05, 4.69) is 6.92 Å². The third kappa shape index (κ3) is 5.88. The Labute approximate surface area is 263 Å². The fourth-order valence-corrected chi connectivity index (χ4v) is 7.36. The molecule has 1 saturated carbocycles. The molecule has 4 aliphatic heterocycles. The summed E-state index contributed by atoms with van der Waals surface area (Å²) in [7, 11) is 3.16. The molecule has 0 unspecified atom stereocenters. The minimum absolute atomic E-state index is 0.0845. The summed E-state index contributed by atoms with van der Waals surface area (Å²) in [5.41, 5.74) is 0.556. The summed E-state index contributed by atoms with van der Waals surface area (Å²) in [6.07, 6.45) is 5.65. The number of hydrogen-bond donors (Lipinski definition) is 0. The predicted octanol–water partition coefficient (Wildman–Crippen LogP) is 5.70. The molecule has 2 aromatic rings. The number of esters is 2. The maximum atomic E-state index is 13.1. The largest absolute Gasteiger partial charge is 0.496 e. The molecular formula is C35H40O10. The van der Waals surface area contributed by atoms with Crippen LogP contribution in [0.15, 0.2) is 60.7 Å². The average Bonchev–Trinajstić information content (AvgIpc) is 3.28. The molecule has 0 aromatic heterocycles. The first-order valence-corrected chi connectivity index (χ1v) is 15.4. The molecule has 2 aromatic carbocycles. The van der Waals surface area contributed by atoms with E-state index in [4.69, 9.17) is 38.2 Å². The number of carbonyl (C=O) groups excluding carboxylic acids is 2. The Balaban J connectivity index is 1.23. The van der Waals surface area contributed by atoms with E-state index in [-0.39, 0.29) is 23.7 Å². The van der Waals surface area contributed by atoms with Gasteiger partial charge in [-0.05, 0) is 50.0 Å². The molecule has 1 aliphatic carbocycles. The van der Waals surface area contributed by atoms with Gasteiger partial charge in [-0.3, -0.25) is 0 Å². The van der Waals surface area contributed by atoms with Gasteiger partial charge in [0.15, 0.2) is 11.9 Å². The standard InChI is InChI=1S/C35H40O10/c1-21-25-18-19-34(3)43-33-35(25,45-44-34)26(20-29(21)40-30(36)16-14-23-10-6-8-12-27(23)38-4)22(2)32(42-33)41-31(37)17-15-24-11-7-9-13-28(24)39-5/h6-17,21-22,25-26,29,32-33H,18-20H2,1-5H3/b16-14+,17-15+/t21-,22+,25-,26-,29+,32+,33+,34+,35+/m0/s1. The summed E-state index contributed by atoms with van der Waals surface area (Å²) in [6, 6.07) is 14.8. The molecular weight excluding hydrogens is 580 g/mol. The van der Waals surface area contributed by atoms with Gasteiger partial charge in [-0.15, -0.1) is 0 Å². The SMILES string of the molecule is COc1ccccc1/C=C/C(=O)O[C@@H]1O[C@@H]2O[C@@]3(C)CC[C@H]4[C@H](C)[C@H](OC(=O)/C=C/c5ccccc5OC)C[C@@H]([C@H]1C)[C@@]24OO3. The van der Waals surface area contributed by atoms with Crippen LogP contribution in [-0.4, -0.2) is 56.2 Å². The molecule has 9 atom stereocenters. The topological polar surface area (TPSA) is 108 Å². The maximum Gasteiger partial charge on any atom is 0.333 e. The first-order chi connectivity index (χ1) is 21.7. The molecule has 4 saturated heterocycles. The summed E-state index contributed by atoms with van der Waals surface area (Å²) < 4.78 is 35.5. The molecule has 1 spiro atoms. The van der Waals surface area contributed by atoms with E-state index in [1.54, 1.807) is 26.4 Å². The van der Waals surface area contributed by atoms with Gasteiger partial charge in [-0.2, -0.15) is 0 Å². The Kier molecular flexibility index (Phi) is 8.76. The van der Waals surface area contributed by atoms with Crippen LogP contribution < -0.4 is 9.47 Å². The maximum absolute atomic E-state index is 13.1. The molecule has 5 aliphatic rings. The minimum atomic E-state index is -1.03. The van der Waals surface area contributed by atoms with Crippen LogP contribution in [-0.2, 0) is 38.3 Å². The Morgan fingerprint density at radius 3 is 2.04 bits per heavy atom. The Morgan fingerprint density at radius 2 is 1.42 bits per heavy atom. The molecule has 10 heteroatoms. The van der Waals surface area contributed by atoms with Crippen molar-refractivity contribution < 1.29 is 47.8 Å². The van der Waals surface area contributed by atoms with E-state index in [0.29, 0.717) is 24.3 Å². The zero-order valence-electron chi connectivity index (χ0n) is 26.2. The molecule has 5 fully saturated rings. The molecule has 10 nitrogen and oxygen atoms in total. The van der Waals surface area contributed by atoms with Crippen LogP contribution in [0.5, 0.6) is 11.5 Å². The van der Waals surface area contributed by atoms with Gasteiger partial charge in [0, 0.05) is 47.5 Å². The van der Waals surface area contributed by atoms with Crippen molar-refractivity contribution in [2.75, 3.05) is 14.2 Å². The van der Waals surface area contributed by atoms with Crippen LogP contribution >= 0.6 is 0 Å². The highest BCUT2D eigenvalue weighted by Gasteiger charge is 2.71. The van der Waals surface area contributed by atoms with E-state index < -0.39 is 42.0 Å². The smallest absolute Gasteiger partial charge is 0.333 e. The van der Waals surface area contributed by atoms with Gasteiger partial charge in [0.1, 0.15) is 17.6 Å². The molecule has 4 heterocycles. The summed E-state index contributed by atoms with van der Waals surface area (Å²) in [4.78, 5) is 38.3. The highest BCUT2D eigenvalue weighted by molar-refractivity contribution is 5.88. The van der Waals surface area contributed by atoms with Crippen LogP contribution in [0.4, 0.5) is 0 Å². The van der Waals surface area contributed by atoms with Crippen molar-refractivity contribution in [3.63, 3.8) is 0 Å². The Morgan fingerprint density at radius 1 is 0.822 bits per heavy atom. The second-order valence-electron chi connectivity index (χ2n) is 12.4. The summed E-state index contributed by atoms with van der Waals surface area (Å²) in [5, 5.41) is 0. The van der Waals surface area contributed by atoms with Crippen molar-refractivity contribution >= 4 is 24.1 Å². The zero-order chi connectivity index (χ0) is 31.8. The molecule has 7 rings (SSSR count). The summed E-state index contributed by atoms with van der Waals surface area (Å²) in [5.74, 6) is -1.54. The highest BCUT2D eigenvalue weighted by atomic mass is 17.3. The second kappa shape index (κ2) is 12.6. The molecule has 0 N–H and O–H groups in total. The molecule has 0 radical (unpaired) electrons. The lowest BCUT2D eigenvalue weighted by atomic mass is 9.57. The Hall–Kier alpha value is -3.70. The van der Waals surface area contributed by atoms with Gasteiger partial charge < -0.3 is 28.4 Å². The summed E-state index contributed by atoms with van der Waals surface area (Å²) >= 11 is 0. The first kappa shape index (κ1) is 31.3. The van der Waals surface area contributed by atoms with Gasteiger partial charge in [0.25, 0.3) is 0 Å². The van der Waals surface area contributed by atoms with Crippen molar-refractivity contribution in [3.8, 4) is 11.5 Å². The molecule has 45 heavy (non-hydrogen) atoms. The van der Waals surface area contributed by atoms with Crippen LogP contribution in [0.2, 0.25) is 0 Å². The normalized spacial score (nSPS) is 35.4. The Bertz CT molecular complexity index is 1470. The van der Waals surface area contributed by atoms with Crippen molar-refractivity contribution in [1.29, 1.82) is 0 Å². The lowest BCUT2D eigenvalue weighted by Gasteiger charge is -2.60. The van der Waals surface area contributed by atoms with Gasteiger partial charge in [0.05, 0.1) is 14.2 Å². The minimum Gasteiger partial charge on any atom is -0.496 e. The van der Waals surface area contributed by atoms with Crippen molar-refractivity contribution in [2.45, 2.75) is 70.1 Å². The number of hydrogen-bond acceptors (Lipinski definition) is 10. The van der Waals surface area contributed by atoms with E-state index in [9.17, 15) is 9.59 Å². The van der Waals surface area contributed by atoms with E-state index in [1.165, 1.54) is 12.2 Å². The number of para-hydroxylation sites is 2. The number of carbonyl (C=O) groups is 2. The third-order valence-corrected chi connectivity index (χ3v) is 9.76. The van der Waals surface area contributed by atoms with Crippen LogP contribution in [0.3, 0.4) is 0 Å². The van der Waals surface area contributed by atoms with E-state index >= 15 is 0 Å². The zero-order valence-corrected chi connectivity index (χ0v) is 26.2. The second-order valence-corrected chi connectivity index (χ2v) is 12.4. The number of methoxy groups -OCH3 is 2. The fourth-order valence-electron chi connectivity index (χ4n) is 7.36. The fraction of sp³-hybridized carbons (Fsp3) is 0.486. The lowest BCUT2D eigenvalue weighted by molar-refractivity contribution is -0.577. The quantitative estimate of drug-likeness (QED) is 0.207. The third-order valence-electron chi connectivity index (χ3n) is 9.76. The van der Waals surface area contributed by atoms with Crippen LogP contribution in [0, 0.1) is 23.7 Å². The van der Waals surface area contributed by atoms with Gasteiger partial charge in [-0.1, -0.05) is 50.2 Å². The number of ether oxygens (including phenoxy) is 6. The highest BCUT2D eigenvalue weighted by Crippen LogP contribution is 2.61. The monoisotopic (exact) mass is 620 g/mol. The molecule has 0 amide bonds. The van der Waals surface area contributed by atoms with Gasteiger partial charge in [0.2, 0.25) is 12.1 Å². The average molecular weight is 621 g/mol. The van der Waals surface area contributed by atoms with Crippen molar-refractivity contribution in [1.82, 2.24) is 0 Å². The molecule has 240 valence electrons.